The number of nitrogens with zero attached hydrogens (tertiary/aromatic N) is 3. The first-order chi connectivity index (χ1) is 11.9. The van der Waals surface area contributed by atoms with Crippen LogP contribution in [0.15, 0.2) is 6.20 Å². The van der Waals surface area contributed by atoms with Gasteiger partial charge in [-0.05, 0) is 56.8 Å². The summed E-state index contributed by atoms with van der Waals surface area (Å²) in [7, 11) is 1.90. The summed E-state index contributed by atoms with van der Waals surface area (Å²) in [4.78, 5) is 22.1. The second-order valence-corrected chi connectivity index (χ2v) is 7.88. The molecule has 0 aromatic carbocycles. The van der Waals surface area contributed by atoms with E-state index in [1.807, 2.05) is 11.9 Å². The van der Waals surface area contributed by atoms with Gasteiger partial charge in [-0.2, -0.15) is 0 Å². The third-order valence-corrected chi connectivity index (χ3v) is 6.15. The predicted molar refractivity (Wildman–Crippen MR) is 88.6 cm³/mol. The number of anilines is 1. The highest BCUT2D eigenvalue weighted by Crippen LogP contribution is 2.56. The van der Waals surface area contributed by atoms with Crippen molar-refractivity contribution >= 4 is 11.9 Å². The van der Waals surface area contributed by atoms with E-state index in [4.69, 9.17) is 4.74 Å². The number of carbonyl (C=O) groups excluding carboxylic acids is 1. The van der Waals surface area contributed by atoms with Crippen LogP contribution in [0.25, 0.3) is 0 Å². The molecule has 0 aliphatic heterocycles. The van der Waals surface area contributed by atoms with E-state index < -0.39 is 17.4 Å². The van der Waals surface area contributed by atoms with Gasteiger partial charge in [0.2, 0.25) is 5.95 Å². The van der Waals surface area contributed by atoms with Crippen molar-refractivity contribution in [1.29, 1.82) is 0 Å². The Morgan fingerprint density at radius 2 is 2.08 bits per heavy atom. The predicted octanol–water partition coefficient (Wildman–Crippen LogP) is 2.17. The van der Waals surface area contributed by atoms with E-state index >= 15 is 0 Å². The lowest BCUT2D eigenvalue weighted by Gasteiger charge is -2.59. The number of aromatic nitrogens is 2. The Hall–Kier alpha value is -1.76. The van der Waals surface area contributed by atoms with E-state index in [1.165, 1.54) is 0 Å². The molecule has 4 bridgehead atoms. The Morgan fingerprint density at radius 3 is 2.68 bits per heavy atom. The molecule has 2 unspecified atom stereocenters. The zero-order chi connectivity index (χ0) is 17.8. The third-order valence-electron chi connectivity index (χ3n) is 6.15. The van der Waals surface area contributed by atoms with Crippen LogP contribution in [0.1, 0.15) is 49.5 Å². The molecule has 1 N–H and O–H groups in total. The molecule has 2 atom stereocenters. The van der Waals surface area contributed by atoms with Gasteiger partial charge in [0.05, 0.1) is 18.4 Å². The zero-order valence-corrected chi connectivity index (χ0v) is 14.6. The molecule has 4 aliphatic rings. The van der Waals surface area contributed by atoms with Crippen LogP contribution < -0.4 is 4.90 Å². The minimum atomic E-state index is -0.769. The molecule has 136 valence electrons. The fourth-order valence-electron chi connectivity index (χ4n) is 5.59. The summed E-state index contributed by atoms with van der Waals surface area (Å²) in [5, 5.41) is 10.7. The van der Waals surface area contributed by atoms with Crippen molar-refractivity contribution in [1.82, 2.24) is 9.97 Å². The lowest BCUT2D eigenvalue weighted by atomic mass is 9.52. The van der Waals surface area contributed by atoms with Gasteiger partial charge in [-0.15, -0.1) is 0 Å². The molecule has 1 aromatic rings. The molecule has 4 saturated carbocycles. The molecule has 0 radical (unpaired) electrons. The third kappa shape index (κ3) is 2.78. The van der Waals surface area contributed by atoms with Crippen molar-refractivity contribution < 1.29 is 19.0 Å². The topological polar surface area (TPSA) is 75.5 Å². The van der Waals surface area contributed by atoms with Crippen LogP contribution in [-0.4, -0.2) is 46.3 Å². The fraction of sp³-hybridized carbons (Fsp3) is 0.722. The first kappa shape index (κ1) is 16.7. The summed E-state index contributed by atoms with van der Waals surface area (Å²) in [5.74, 6) is 0.193. The maximum absolute atomic E-state index is 13.9. The highest BCUT2D eigenvalue weighted by molar-refractivity contribution is 5.87. The van der Waals surface area contributed by atoms with Gasteiger partial charge in [0.1, 0.15) is 0 Å². The molecule has 1 aromatic heterocycles. The first-order valence-corrected chi connectivity index (χ1v) is 9.05. The Morgan fingerprint density at radius 1 is 1.40 bits per heavy atom. The number of hydrogen-bond acceptors (Lipinski definition) is 6. The SMILES string of the molecule is CCOC(=O)c1nc(N(C)C2C3CC4CC2CC(O)(C4)C3)ncc1F. The highest BCUT2D eigenvalue weighted by Gasteiger charge is 2.56. The van der Waals surface area contributed by atoms with Crippen LogP contribution in [0.5, 0.6) is 0 Å². The Kier molecular flexibility index (Phi) is 3.94. The maximum Gasteiger partial charge on any atom is 0.360 e. The normalized spacial score (nSPS) is 35.7. The average molecular weight is 349 g/mol. The Balaban J connectivity index is 1.60. The van der Waals surface area contributed by atoms with Crippen molar-refractivity contribution in [3.63, 3.8) is 0 Å². The lowest BCUT2D eigenvalue weighted by Crippen LogP contribution is -2.61. The van der Waals surface area contributed by atoms with Gasteiger partial charge in [0.15, 0.2) is 11.5 Å². The monoisotopic (exact) mass is 349 g/mol. The van der Waals surface area contributed by atoms with Gasteiger partial charge < -0.3 is 14.7 Å². The minimum absolute atomic E-state index is 0.167. The number of ether oxygens (including phenoxy) is 1. The molecule has 7 heteroatoms. The van der Waals surface area contributed by atoms with Crippen molar-refractivity contribution in [3.8, 4) is 0 Å². The smallest absolute Gasteiger partial charge is 0.360 e. The quantitative estimate of drug-likeness (QED) is 0.840. The molecule has 1 heterocycles. The lowest BCUT2D eigenvalue weighted by molar-refractivity contribution is -0.133. The van der Waals surface area contributed by atoms with Crippen LogP contribution in [0.3, 0.4) is 0 Å². The van der Waals surface area contributed by atoms with E-state index in [0.717, 1.165) is 38.3 Å². The number of rotatable bonds is 4. The van der Waals surface area contributed by atoms with Crippen LogP contribution in [0, 0.1) is 23.6 Å². The van der Waals surface area contributed by atoms with Gasteiger partial charge in [-0.3, -0.25) is 0 Å². The molecule has 0 saturated heterocycles. The summed E-state index contributed by atoms with van der Waals surface area (Å²) in [6.45, 7) is 1.84. The molecule has 0 spiro atoms. The minimum Gasteiger partial charge on any atom is -0.461 e. The summed E-state index contributed by atoms with van der Waals surface area (Å²) < 4.78 is 18.8. The second kappa shape index (κ2) is 5.90. The summed E-state index contributed by atoms with van der Waals surface area (Å²) in [6, 6.07) is 0.220. The zero-order valence-electron chi connectivity index (χ0n) is 14.6. The van der Waals surface area contributed by atoms with Crippen molar-refractivity contribution in [2.24, 2.45) is 17.8 Å². The van der Waals surface area contributed by atoms with Gasteiger partial charge in [-0.1, -0.05) is 0 Å². The molecule has 4 aliphatic carbocycles. The molecular weight excluding hydrogens is 325 g/mol. The van der Waals surface area contributed by atoms with Crippen LogP contribution in [0.4, 0.5) is 10.3 Å². The second-order valence-electron chi connectivity index (χ2n) is 7.88. The van der Waals surface area contributed by atoms with Gasteiger partial charge in [0, 0.05) is 13.1 Å². The Labute approximate surface area is 146 Å². The molecule has 6 nitrogen and oxygen atoms in total. The van der Waals surface area contributed by atoms with E-state index in [9.17, 15) is 14.3 Å². The van der Waals surface area contributed by atoms with E-state index in [2.05, 4.69) is 9.97 Å². The molecule has 4 fully saturated rings. The summed E-state index contributed by atoms with van der Waals surface area (Å²) >= 11 is 0. The number of esters is 1. The van der Waals surface area contributed by atoms with Gasteiger partial charge in [0.25, 0.3) is 0 Å². The number of halogens is 1. The van der Waals surface area contributed by atoms with Crippen molar-refractivity contribution in [3.05, 3.63) is 17.7 Å². The largest absolute Gasteiger partial charge is 0.461 e. The maximum atomic E-state index is 13.9. The van der Waals surface area contributed by atoms with Crippen molar-refractivity contribution in [2.75, 3.05) is 18.6 Å². The van der Waals surface area contributed by atoms with Gasteiger partial charge in [-0.25, -0.2) is 19.2 Å². The van der Waals surface area contributed by atoms with E-state index in [0.29, 0.717) is 23.7 Å². The number of aliphatic hydroxyl groups is 1. The van der Waals surface area contributed by atoms with Crippen LogP contribution in [-0.2, 0) is 4.74 Å². The standard InChI is InChI=1S/C18H24FN3O3/c1-3-25-16(23)14-13(19)9-20-17(21-14)22(2)15-11-4-10-5-12(15)8-18(24,6-10)7-11/h9-12,15,24H,3-8H2,1-2H3. The molecule has 25 heavy (non-hydrogen) atoms. The van der Waals surface area contributed by atoms with Crippen molar-refractivity contribution in [2.45, 2.75) is 50.7 Å². The Bertz CT molecular complexity index is 682. The summed E-state index contributed by atoms with van der Waals surface area (Å²) in [5.41, 5.74) is -0.825. The molecule has 0 amide bonds. The van der Waals surface area contributed by atoms with E-state index in [1.54, 1.807) is 6.92 Å². The fourth-order valence-corrected chi connectivity index (χ4v) is 5.59. The first-order valence-electron chi connectivity index (χ1n) is 9.05. The highest BCUT2D eigenvalue weighted by atomic mass is 19.1. The van der Waals surface area contributed by atoms with E-state index in [-0.39, 0.29) is 18.3 Å². The van der Waals surface area contributed by atoms with Crippen LogP contribution in [0.2, 0.25) is 0 Å². The number of carbonyl (C=O) groups is 1. The summed E-state index contributed by atoms with van der Waals surface area (Å²) in [6.07, 6.45) is 5.80. The van der Waals surface area contributed by atoms with Gasteiger partial charge >= 0.3 is 5.97 Å². The number of hydrogen-bond donors (Lipinski definition) is 1. The average Bonchev–Trinajstić information content (AvgIpc) is 2.53. The molecule has 5 rings (SSSR count). The van der Waals surface area contributed by atoms with Crippen LogP contribution >= 0.6 is 0 Å². The molecular formula is C18H24FN3O3.